The molecule has 2 rings (SSSR count). The van der Waals surface area contributed by atoms with Gasteiger partial charge in [0.2, 0.25) is 15.9 Å². The normalized spacial score (nSPS) is 12.5. The molecule has 0 bridgehead atoms. The molecule has 1 atom stereocenters. The van der Waals surface area contributed by atoms with Crippen molar-refractivity contribution in [3.8, 4) is 0 Å². The number of benzene rings is 2. The highest BCUT2D eigenvalue weighted by molar-refractivity contribution is 7.92. The summed E-state index contributed by atoms with van der Waals surface area (Å²) >= 11 is 5.93. The molecular formula is C19H23ClN2O3S. The molecule has 140 valence electrons. The van der Waals surface area contributed by atoms with E-state index in [1.165, 1.54) is 0 Å². The average molecular weight is 395 g/mol. The van der Waals surface area contributed by atoms with Gasteiger partial charge in [-0.1, -0.05) is 30.7 Å². The molecule has 0 saturated heterocycles. The van der Waals surface area contributed by atoms with Crippen molar-refractivity contribution >= 4 is 38.9 Å². The molecule has 0 aliphatic carbocycles. The third-order valence-electron chi connectivity index (χ3n) is 4.13. The monoisotopic (exact) mass is 394 g/mol. The van der Waals surface area contributed by atoms with Crippen LogP contribution in [0.3, 0.4) is 0 Å². The number of halogens is 1. The average Bonchev–Trinajstić information content (AvgIpc) is 2.56. The molecule has 1 N–H and O–H groups in total. The first-order valence-corrected chi connectivity index (χ1v) is 10.5. The van der Waals surface area contributed by atoms with E-state index in [4.69, 9.17) is 11.6 Å². The Morgan fingerprint density at radius 3 is 2.31 bits per heavy atom. The van der Waals surface area contributed by atoms with Crippen molar-refractivity contribution in [1.29, 1.82) is 0 Å². The van der Waals surface area contributed by atoms with Gasteiger partial charge in [0.15, 0.2) is 0 Å². The fourth-order valence-electron chi connectivity index (χ4n) is 2.69. The molecule has 0 spiro atoms. The molecule has 0 heterocycles. The van der Waals surface area contributed by atoms with E-state index >= 15 is 0 Å². The molecule has 7 heteroatoms. The molecule has 0 aliphatic rings. The van der Waals surface area contributed by atoms with Gasteiger partial charge in [0, 0.05) is 10.7 Å². The molecule has 5 nitrogen and oxygen atoms in total. The van der Waals surface area contributed by atoms with Gasteiger partial charge >= 0.3 is 0 Å². The Morgan fingerprint density at radius 1 is 1.19 bits per heavy atom. The van der Waals surface area contributed by atoms with Crippen LogP contribution in [0.2, 0.25) is 5.02 Å². The number of aryl methyl sites for hydroxylation is 2. The van der Waals surface area contributed by atoms with Crippen molar-refractivity contribution in [3.05, 3.63) is 58.6 Å². The zero-order valence-electron chi connectivity index (χ0n) is 15.3. The van der Waals surface area contributed by atoms with Gasteiger partial charge in [0.1, 0.15) is 6.04 Å². The number of sulfonamides is 1. The quantitative estimate of drug-likeness (QED) is 0.805. The predicted molar refractivity (Wildman–Crippen MR) is 107 cm³/mol. The largest absolute Gasteiger partial charge is 0.324 e. The van der Waals surface area contributed by atoms with Crippen LogP contribution in [0.4, 0.5) is 11.4 Å². The van der Waals surface area contributed by atoms with E-state index in [1.54, 1.807) is 37.3 Å². The Bertz CT molecular complexity index is 896. The smallest absolute Gasteiger partial charge is 0.248 e. The summed E-state index contributed by atoms with van der Waals surface area (Å²) in [7, 11) is -3.64. The second kappa shape index (κ2) is 8.10. The summed E-state index contributed by atoms with van der Waals surface area (Å²) in [6.45, 7) is 5.41. The lowest BCUT2D eigenvalue weighted by molar-refractivity contribution is -0.116. The zero-order valence-corrected chi connectivity index (χ0v) is 16.9. The van der Waals surface area contributed by atoms with Crippen LogP contribution in [0.15, 0.2) is 42.5 Å². The standard InChI is InChI=1S/C19H23ClN2O3S/c1-5-15-6-9-17(10-7-15)22(26(4,24)25)14(3)19(23)21-18-11-8-16(20)12-13(18)2/h6-12,14H,5H2,1-4H3,(H,21,23)/t14-/m1/s1. The summed E-state index contributed by atoms with van der Waals surface area (Å²) in [6, 6.07) is 11.4. The number of anilines is 2. The van der Waals surface area contributed by atoms with E-state index in [2.05, 4.69) is 5.32 Å². The van der Waals surface area contributed by atoms with Crippen molar-refractivity contribution in [2.75, 3.05) is 15.9 Å². The molecule has 0 fully saturated rings. The molecule has 0 aliphatic heterocycles. The minimum absolute atomic E-state index is 0.416. The SMILES string of the molecule is CCc1ccc(N([C@H](C)C(=O)Nc2ccc(Cl)cc2C)S(C)(=O)=O)cc1. The maximum absolute atomic E-state index is 12.7. The first-order valence-electron chi connectivity index (χ1n) is 8.29. The molecular weight excluding hydrogens is 372 g/mol. The van der Waals surface area contributed by atoms with Crippen LogP contribution in [-0.2, 0) is 21.2 Å². The van der Waals surface area contributed by atoms with Crippen molar-refractivity contribution in [1.82, 2.24) is 0 Å². The summed E-state index contributed by atoms with van der Waals surface area (Å²) in [5.74, 6) is -0.416. The van der Waals surface area contributed by atoms with Crippen LogP contribution in [0.5, 0.6) is 0 Å². The third-order valence-corrected chi connectivity index (χ3v) is 5.61. The summed E-state index contributed by atoms with van der Waals surface area (Å²) < 4.78 is 25.8. The molecule has 26 heavy (non-hydrogen) atoms. The molecule has 1 amide bonds. The Morgan fingerprint density at radius 2 is 1.81 bits per heavy atom. The van der Waals surface area contributed by atoms with Crippen molar-refractivity contribution in [2.45, 2.75) is 33.2 Å². The molecule has 0 aromatic heterocycles. The summed E-state index contributed by atoms with van der Waals surface area (Å²) in [6.07, 6.45) is 1.95. The number of rotatable bonds is 6. The molecule has 2 aromatic rings. The highest BCUT2D eigenvalue weighted by Gasteiger charge is 2.29. The summed E-state index contributed by atoms with van der Waals surface area (Å²) in [4.78, 5) is 12.7. The number of nitrogens with zero attached hydrogens (tertiary/aromatic N) is 1. The van der Waals surface area contributed by atoms with E-state index in [-0.39, 0.29) is 0 Å². The Balaban J connectivity index is 2.30. The number of carbonyl (C=O) groups excluding carboxylic acids is 1. The number of carbonyl (C=O) groups is 1. The first kappa shape index (κ1) is 20.3. The lowest BCUT2D eigenvalue weighted by Crippen LogP contribution is -2.45. The maximum atomic E-state index is 12.7. The molecule has 0 unspecified atom stereocenters. The van der Waals surface area contributed by atoms with E-state index in [9.17, 15) is 13.2 Å². The lowest BCUT2D eigenvalue weighted by atomic mass is 10.1. The Hall–Kier alpha value is -2.05. The second-order valence-corrected chi connectivity index (χ2v) is 8.50. The lowest BCUT2D eigenvalue weighted by Gasteiger charge is -2.28. The Kier molecular flexibility index (Phi) is 6.31. The van der Waals surface area contributed by atoms with Crippen molar-refractivity contribution < 1.29 is 13.2 Å². The van der Waals surface area contributed by atoms with Gasteiger partial charge in [-0.25, -0.2) is 8.42 Å². The van der Waals surface area contributed by atoms with Crippen LogP contribution in [0, 0.1) is 6.92 Å². The maximum Gasteiger partial charge on any atom is 0.248 e. The number of hydrogen-bond acceptors (Lipinski definition) is 3. The van der Waals surface area contributed by atoms with Crippen LogP contribution in [-0.4, -0.2) is 26.6 Å². The van der Waals surface area contributed by atoms with E-state index < -0.39 is 22.0 Å². The van der Waals surface area contributed by atoms with Gasteiger partial charge in [-0.05, 0) is 61.7 Å². The highest BCUT2D eigenvalue weighted by atomic mass is 35.5. The van der Waals surface area contributed by atoms with Gasteiger partial charge in [0.05, 0.1) is 11.9 Å². The third kappa shape index (κ3) is 4.77. The Labute approximate surface area is 160 Å². The highest BCUT2D eigenvalue weighted by Crippen LogP contribution is 2.24. The molecule has 0 radical (unpaired) electrons. The summed E-state index contributed by atoms with van der Waals surface area (Å²) in [5, 5.41) is 3.35. The van der Waals surface area contributed by atoms with Crippen LogP contribution in [0.25, 0.3) is 0 Å². The molecule has 0 saturated carbocycles. The fourth-order valence-corrected chi connectivity index (χ4v) is 4.09. The number of nitrogens with one attached hydrogen (secondary N) is 1. The van der Waals surface area contributed by atoms with Gasteiger partial charge in [-0.15, -0.1) is 0 Å². The number of amides is 1. The second-order valence-electron chi connectivity index (χ2n) is 6.20. The topological polar surface area (TPSA) is 66.5 Å². The number of hydrogen-bond donors (Lipinski definition) is 1. The van der Waals surface area contributed by atoms with Gasteiger partial charge in [-0.2, -0.15) is 0 Å². The van der Waals surface area contributed by atoms with Gasteiger partial charge in [0.25, 0.3) is 0 Å². The van der Waals surface area contributed by atoms with Gasteiger partial charge < -0.3 is 5.32 Å². The van der Waals surface area contributed by atoms with Crippen LogP contribution >= 0.6 is 11.6 Å². The fraction of sp³-hybridized carbons (Fsp3) is 0.316. The van der Waals surface area contributed by atoms with E-state index in [0.29, 0.717) is 16.4 Å². The van der Waals surface area contributed by atoms with Crippen LogP contribution < -0.4 is 9.62 Å². The minimum atomic E-state index is -3.64. The predicted octanol–water partition coefficient (Wildman–Crippen LogP) is 4.00. The van der Waals surface area contributed by atoms with Crippen LogP contribution in [0.1, 0.15) is 25.0 Å². The van der Waals surface area contributed by atoms with E-state index in [0.717, 1.165) is 28.1 Å². The van der Waals surface area contributed by atoms with Crippen molar-refractivity contribution in [3.63, 3.8) is 0 Å². The van der Waals surface area contributed by atoms with E-state index in [1.807, 2.05) is 26.0 Å². The first-order chi connectivity index (χ1) is 12.1. The van der Waals surface area contributed by atoms with Crippen molar-refractivity contribution in [2.24, 2.45) is 0 Å². The van der Waals surface area contributed by atoms with Gasteiger partial charge in [-0.3, -0.25) is 9.10 Å². The minimum Gasteiger partial charge on any atom is -0.324 e. The zero-order chi connectivity index (χ0) is 19.5. The summed E-state index contributed by atoms with van der Waals surface area (Å²) in [5.41, 5.74) is 2.95. The molecule has 2 aromatic carbocycles.